The van der Waals surface area contributed by atoms with Gasteiger partial charge >= 0.3 is 0 Å². The number of piperidine rings is 1. The average Bonchev–Trinajstić information content (AvgIpc) is 3.32. The molecule has 1 fully saturated rings. The second kappa shape index (κ2) is 11.0. The molecule has 8 heteroatoms. The van der Waals surface area contributed by atoms with Crippen LogP contribution in [0.2, 0.25) is 0 Å². The summed E-state index contributed by atoms with van der Waals surface area (Å²) >= 11 is 5.50. The van der Waals surface area contributed by atoms with Gasteiger partial charge in [0.1, 0.15) is 5.76 Å². The smallest absolute Gasteiger partial charge is 0.229 e. The Morgan fingerprint density at radius 2 is 1.82 bits per heavy atom. The molecule has 3 aromatic rings. The van der Waals surface area contributed by atoms with Gasteiger partial charge in [-0.05, 0) is 75.0 Å². The number of thiocarbonyl (C=S) groups is 1. The first-order chi connectivity index (χ1) is 16.0. The zero-order valence-corrected chi connectivity index (χ0v) is 19.9. The number of rotatable bonds is 5. The van der Waals surface area contributed by atoms with Gasteiger partial charge in [0.25, 0.3) is 0 Å². The third kappa shape index (κ3) is 6.86. The topological polar surface area (TPSA) is 78.6 Å². The monoisotopic (exact) mass is 462 g/mol. The molecule has 0 amide bonds. The number of aryl methyl sites for hydroxylation is 2. The number of furan rings is 1. The van der Waals surface area contributed by atoms with Gasteiger partial charge in [-0.1, -0.05) is 30.3 Å². The third-order valence-corrected chi connectivity index (χ3v) is 5.92. The minimum absolute atomic E-state index is 0.393. The number of nitrogens with zero attached hydrogens (tertiary/aromatic N) is 4. The van der Waals surface area contributed by atoms with Crippen molar-refractivity contribution in [2.24, 2.45) is 10.9 Å². The van der Waals surface area contributed by atoms with Crippen LogP contribution < -0.4 is 10.6 Å². The lowest BCUT2D eigenvalue weighted by atomic mass is 9.90. The van der Waals surface area contributed by atoms with E-state index >= 15 is 0 Å². The Hall–Kier alpha value is -3.26. The highest BCUT2D eigenvalue weighted by molar-refractivity contribution is 7.80. The number of hydrogen-bond donors (Lipinski definition) is 2. The van der Waals surface area contributed by atoms with E-state index in [1.54, 1.807) is 6.26 Å². The molecule has 0 bridgehead atoms. The minimum Gasteiger partial charge on any atom is -0.467 e. The number of benzene rings is 1. The van der Waals surface area contributed by atoms with Crippen LogP contribution in [0.25, 0.3) is 0 Å². The van der Waals surface area contributed by atoms with Crippen molar-refractivity contribution in [1.29, 1.82) is 0 Å². The molecule has 0 spiro atoms. The molecule has 1 aliphatic rings. The van der Waals surface area contributed by atoms with Crippen LogP contribution >= 0.6 is 12.2 Å². The van der Waals surface area contributed by atoms with Crippen molar-refractivity contribution in [3.63, 3.8) is 0 Å². The molecule has 0 radical (unpaired) electrons. The predicted octanol–water partition coefficient (Wildman–Crippen LogP) is 4.48. The van der Waals surface area contributed by atoms with Gasteiger partial charge in [-0.2, -0.15) is 4.99 Å². The second-order valence-electron chi connectivity index (χ2n) is 8.39. The van der Waals surface area contributed by atoms with Crippen LogP contribution in [-0.2, 0) is 13.0 Å². The Morgan fingerprint density at radius 3 is 2.48 bits per heavy atom. The summed E-state index contributed by atoms with van der Waals surface area (Å²) in [6.45, 7) is 6.20. The standard InChI is InChI=1S/C25H30N6OS/c1-18-15-19(2)28-23(27-18)29-24(30-25(33)26-17-22-9-6-14-32-22)31-12-10-21(11-13-31)16-20-7-4-3-5-8-20/h3-9,14-15,21H,10-13,16-17H2,1-2H3,(H2,26,27,28,29,30,33). The van der Waals surface area contributed by atoms with Gasteiger partial charge in [0.05, 0.1) is 12.8 Å². The molecule has 1 saturated heterocycles. The molecular formula is C25H30N6OS. The fourth-order valence-electron chi connectivity index (χ4n) is 4.07. The van der Waals surface area contributed by atoms with Crippen molar-refractivity contribution in [1.82, 2.24) is 20.2 Å². The van der Waals surface area contributed by atoms with Crippen LogP contribution in [0.4, 0.5) is 5.95 Å². The lowest BCUT2D eigenvalue weighted by Gasteiger charge is -2.34. The molecule has 33 heavy (non-hydrogen) atoms. The normalized spacial score (nSPS) is 14.8. The van der Waals surface area contributed by atoms with E-state index in [1.807, 2.05) is 32.0 Å². The Bertz CT molecular complexity index is 1060. The molecule has 1 aliphatic heterocycles. The van der Waals surface area contributed by atoms with Gasteiger partial charge < -0.3 is 14.6 Å². The van der Waals surface area contributed by atoms with Crippen molar-refractivity contribution < 1.29 is 4.42 Å². The number of hydrogen-bond acceptors (Lipinski definition) is 4. The highest BCUT2D eigenvalue weighted by Crippen LogP contribution is 2.22. The van der Waals surface area contributed by atoms with E-state index in [-0.39, 0.29) is 0 Å². The molecule has 0 atom stereocenters. The maximum absolute atomic E-state index is 5.50. The Balaban J connectivity index is 1.44. The zero-order chi connectivity index (χ0) is 23.0. The van der Waals surface area contributed by atoms with Crippen molar-refractivity contribution in [3.8, 4) is 0 Å². The third-order valence-electron chi connectivity index (χ3n) is 5.69. The van der Waals surface area contributed by atoms with E-state index in [9.17, 15) is 0 Å². The summed E-state index contributed by atoms with van der Waals surface area (Å²) in [7, 11) is 0. The molecule has 0 unspecified atom stereocenters. The first kappa shape index (κ1) is 22.9. The Morgan fingerprint density at radius 1 is 1.09 bits per heavy atom. The highest BCUT2D eigenvalue weighted by Gasteiger charge is 2.23. The molecule has 3 heterocycles. The molecule has 0 saturated carbocycles. The minimum atomic E-state index is 0.393. The van der Waals surface area contributed by atoms with Crippen LogP contribution in [0.3, 0.4) is 0 Å². The quantitative estimate of drug-likeness (QED) is 0.329. The maximum atomic E-state index is 5.50. The van der Waals surface area contributed by atoms with Gasteiger partial charge in [0.2, 0.25) is 11.9 Å². The van der Waals surface area contributed by atoms with Gasteiger partial charge in [-0.25, -0.2) is 9.97 Å². The molecule has 7 nitrogen and oxygen atoms in total. The van der Waals surface area contributed by atoms with E-state index in [2.05, 4.69) is 55.8 Å². The maximum Gasteiger partial charge on any atom is 0.229 e. The highest BCUT2D eigenvalue weighted by atomic mass is 32.1. The predicted molar refractivity (Wildman–Crippen MR) is 135 cm³/mol. The van der Waals surface area contributed by atoms with E-state index in [4.69, 9.17) is 21.6 Å². The summed E-state index contributed by atoms with van der Waals surface area (Å²) in [6.07, 6.45) is 4.94. The van der Waals surface area contributed by atoms with Crippen LogP contribution in [0.5, 0.6) is 0 Å². The SMILES string of the molecule is Cc1cc(C)nc(N/C(=N/C(=S)NCc2ccco2)N2CCC(Cc3ccccc3)CC2)n1. The molecule has 4 rings (SSSR count). The lowest BCUT2D eigenvalue weighted by molar-refractivity contribution is 0.265. The summed E-state index contributed by atoms with van der Waals surface area (Å²) in [5.41, 5.74) is 3.21. The van der Waals surface area contributed by atoms with Crippen LogP contribution in [-0.4, -0.2) is 39.0 Å². The number of aromatic nitrogens is 2. The average molecular weight is 463 g/mol. The fraction of sp³-hybridized carbons (Fsp3) is 0.360. The van der Waals surface area contributed by atoms with Gasteiger partial charge in [-0.3, -0.25) is 5.32 Å². The van der Waals surface area contributed by atoms with Crippen molar-refractivity contribution >= 4 is 29.2 Å². The summed E-state index contributed by atoms with van der Waals surface area (Å²) in [6, 6.07) is 16.4. The molecular weight excluding hydrogens is 432 g/mol. The summed E-state index contributed by atoms with van der Waals surface area (Å²) in [5, 5.41) is 6.86. The zero-order valence-electron chi connectivity index (χ0n) is 19.1. The summed E-state index contributed by atoms with van der Waals surface area (Å²) in [5.74, 6) is 2.68. The van der Waals surface area contributed by atoms with Crippen molar-refractivity contribution in [3.05, 3.63) is 77.5 Å². The molecule has 1 aromatic carbocycles. The van der Waals surface area contributed by atoms with Crippen LogP contribution in [0, 0.1) is 19.8 Å². The number of aliphatic imine (C=N–C) groups is 1. The first-order valence-electron chi connectivity index (χ1n) is 11.3. The number of nitrogens with one attached hydrogen (secondary N) is 2. The number of guanidine groups is 1. The molecule has 0 aliphatic carbocycles. The number of anilines is 1. The first-order valence-corrected chi connectivity index (χ1v) is 11.7. The summed E-state index contributed by atoms with van der Waals surface area (Å²) < 4.78 is 5.37. The number of likely N-dealkylation sites (tertiary alicyclic amines) is 1. The van der Waals surface area contributed by atoms with E-state index in [0.717, 1.165) is 49.5 Å². The van der Waals surface area contributed by atoms with Crippen LogP contribution in [0.1, 0.15) is 35.6 Å². The fourth-order valence-corrected chi connectivity index (χ4v) is 4.23. The van der Waals surface area contributed by atoms with Crippen molar-refractivity contribution in [2.45, 2.75) is 39.7 Å². The Kier molecular flexibility index (Phi) is 7.67. The molecule has 172 valence electrons. The Labute approximate surface area is 200 Å². The molecule has 2 aromatic heterocycles. The van der Waals surface area contributed by atoms with Crippen LogP contribution in [0.15, 0.2) is 64.2 Å². The van der Waals surface area contributed by atoms with Gasteiger partial charge in [0.15, 0.2) is 5.11 Å². The van der Waals surface area contributed by atoms with E-state index in [1.165, 1.54) is 5.56 Å². The van der Waals surface area contributed by atoms with E-state index < -0.39 is 0 Å². The lowest BCUT2D eigenvalue weighted by Crippen LogP contribution is -2.43. The summed E-state index contributed by atoms with van der Waals surface area (Å²) in [4.78, 5) is 16.0. The molecule has 2 N–H and O–H groups in total. The van der Waals surface area contributed by atoms with Gasteiger partial charge in [0, 0.05) is 24.5 Å². The largest absolute Gasteiger partial charge is 0.467 e. The van der Waals surface area contributed by atoms with Gasteiger partial charge in [-0.15, -0.1) is 0 Å². The second-order valence-corrected chi connectivity index (χ2v) is 8.78. The van der Waals surface area contributed by atoms with Crippen molar-refractivity contribution in [2.75, 3.05) is 18.4 Å². The van der Waals surface area contributed by atoms with E-state index in [0.29, 0.717) is 29.5 Å².